The minimum absolute atomic E-state index is 0. The highest BCUT2D eigenvalue weighted by atomic mass is 35.5. The van der Waals surface area contributed by atoms with Gasteiger partial charge in [-0.3, -0.25) is 0 Å². The Morgan fingerprint density at radius 2 is 2.00 bits per heavy atom. The Kier molecular flexibility index (Phi) is 2.34. The van der Waals surface area contributed by atoms with Crippen molar-refractivity contribution >= 4 is 18.1 Å². The quantitative estimate of drug-likeness (QED) is 0.666. The van der Waals surface area contributed by atoms with Crippen molar-refractivity contribution in [3.8, 4) is 0 Å². The Balaban J connectivity index is 0.000000720. The molecule has 1 aromatic carbocycles. The Morgan fingerprint density at radius 1 is 1.33 bits per heavy atom. The van der Waals surface area contributed by atoms with Gasteiger partial charge in [-0.15, -0.1) is 12.4 Å². The SMILES string of the molecule is CC1(c2cccc(N)c2)CC1.Cl. The van der Waals surface area contributed by atoms with Crippen molar-refractivity contribution in [2.45, 2.75) is 25.2 Å². The lowest BCUT2D eigenvalue weighted by molar-refractivity contribution is 0.788. The van der Waals surface area contributed by atoms with Crippen molar-refractivity contribution in [1.82, 2.24) is 0 Å². The zero-order chi connectivity index (χ0) is 7.90. The van der Waals surface area contributed by atoms with Crippen LogP contribution in [-0.2, 0) is 5.41 Å². The maximum absolute atomic E-state index is 5.68. The molecule has 0 saturated heterocycles. The molecule has 0 aromatic heterocycles. The number of halogens is 1. The molecule has 0 radical (unpaired) electrons. The first-order valence-electron chi connectivity index (χ1n) is 4.07. The van der Waals surface area contributed by atoms with Crippen molar-refractivity contribution < 1.29 is 0 Å². The van der Waals surface area contributed by atoms with E-state index < -0.39 is 0 Å². The second kappa shape index (κ2) is 2.98. The molecular formula is C10H14ClN. The zero-order valence-electron chi connectivity index (χ0n) is 7.21. The topological polar surface area (TPSA) is 26.0 Å². The van der Waals surface area contributed by atoms with E-state index in [1.807, 2.05) is 12.1 Å². The largest absolute Gasteiger partial charge is 0.399 e. The highest BCUT2D eigenvalue weighted by Crippen LogP contribution is 2.47. The van der Waals surface area contributed by atoms with Gasteiger partial charge < -0.3 is 5.73 Å². The van der Waals surface area contributed by atoms with Gasteiger partial charge >= 0.3 is 0 Å². The monoisotopic (exact) mass is 183 g/mol. The van der Waals surface area contributed by atoms with Crippen LogP contribution in [0.25, 0.3) is 0 Å². The van der Waals surface area contributed by atoms with Crippen LogP contribution in [0.2, 0.25) is 0 Å². The van der Waals surface area contributed by atoms with Gasteiger partial charge in [-0.25, -0.2) is 0 Å². The van der Waals surface area contributed by atoms with Crippen LogP contribution in [0.3, 0.4) is 0 Å². The summed E-state index contributed by atoms with van der Waals surface area (Å²) in [5.74, 6) is 0. The van der Waals surface area contributed by atoms with Crippen molar-refractivity contribution in [2.24, 2.45) is 0 Å². The molecule has 0 bridgehead atoms. The zero-order valence-corrected chi connectivity index (χ0v) is 8.03. The highest BCUT2D eigenvalue weighted by molar-refractivity contribution is 5.85. The summed E-state index contributed by atoms with van der Waals surface area (Å²) in [6.07, 6.45) is 2.63. The second-order valence-electron chi connectivity index (χ2n) is 3.69. The van der Waals surface area contributed by atoms with Crippen LogP contribution in [0, 0.1) is 0 Å². The third kappa shape index (κ3) is 1.56. The van der Waals surface area contributed by atoms with E-state index in [1.165, 1.54) is 18.4 Å². The van der Waals surface area contributed by atoms with Crippen LogP contribution in [-0.4, -0.2) is 0 Å². The lowest BCUT2D eigenvalue weighted by Crippen LogP contribution is -1.99. The molecule has 2 heteroatoms. The molecule has 1 fully saturated rings. The molecule has 1 aliphatic rings. The Hall–Kier alpha value is -0.690. The van der Waals surface area contributed by atoms with Gasteiger partial charge in [0.15, 0.2) is 0 Å². The van der Waals surface area contributed by atoms with Crippen LogP contribution in [0.15, 0.2) is 24.3 Å². The maximum atomic E-state index is 5.68. The predicted molar refractivity (Wildman–Crippen MR) is 54.7 cm³/mol. The normalized spacial score (nSPS) is 18.1. The fourth-order valence-electron chi connectivity index (χ4n) is 1.39. The summed E-state index contributed by atoms with van der Waals surface area (Å²) in [4.78, 5) is 0. The number of anilines is 1. The molecule has 2 rings (SSSR count). The minimum Gasteiger partial charge on any atom is -0.399 e. The van der Waals surface area contributed by atoms with Crippen molar-refractivity contribution in [3.63, 3.8) is 0 Å². The molecule has 0 spiro atoms. The third-order valence-corrected chi connectivity index (χ3v) is 2.58. The number of benzene rings is 1. The molecule has 12 heavy (non-hydrogen) atoms. The fraction of sp³-hybridized carbons (Fsp3) is 0.400. The van der Waals surface area contributed by atoms with E-state index in [0.29, 0.717) is 5.41 Å². The smallest absolute Gasteiger partial charge is 0.0316 e. The van der Waals surface area contributed by atoms with Crippen molar-refractivity contribution in [2.75, 3.05) is 5.73 Å². The first-order chi connectivity index (χ1) is 5.21. The van der Waals surface area contributed by atoms with Crippen LogP contribution in [0.4, 0.5) is 5.69 Å². The van der Waals surface area contributed by atoms with Gasteiger partial charge in [-0.05, 0) is 36.0 Å². The fourth-order valence-corrected chi connectivity index (χ4v) is 1.39. The number of hydrogen-bond acceptors (Lipinski definition) is 1. The molecule has 1 aromatic rings. The summed E-state index contributed by atoms with van der Waals surface area (Å²) in [7, 11) is 0. The molecule has 66 valence electrons. The summed E-state index contributed by atoms with van der Waals surface area (Å²) in [5, 5.41) is 0. The predicted octanol–water partition coefficient (Wildman–Crippen LogP) is 2.74. The standard InChI is InChI=1S/C10H13N.ClH/c1-10(5-6-10)8-3-2-4-9(11)7-8;/h2-4,7H,5-6,11H2,1H3;1H. The molecule has 1 aliphatic carbocycles. The Bertz CT molecular complexity index is 279. The van der Waals surface area contributed by atoms with Gasteiger partial charge in [-0.2, -0.15) is 0 Å². The maximum Gasteiger partial charge on any atom is 0.0316 e. The molecule has 0 amide bonds. The van der Waals surface area contributed by atoms with E-state index in [-0.39, 0.29) is 12.4 Å². The van der Waals surface area contributed by atoms with Gasteiger partial charge in [-0.1, -0.05) is 19.1 Å². The molecule has 2 N–H and O–H groups in total. The number of rotatable bonds is 1. The van der Waals surface area contributed by atoms with E-state index in [4.69, 9.17) is 5.73 Å². The van der Waals surface area contributed by atoms with Crippen LogP contribution >= 0.6 is 12.4 Å². The molecule has 1 nitrogen and oxygen atoms in total. The molecular weight excluding hydrogens is 170 g/mol. The summed E-state index contributed by atoms with van der Waals surface area (Å²) >= 11 is 0. The first-order valence-corrected chi connectivity index (χ1v) is 4.07. The minimum atomic E-state index is 0. The molecule has 0 atom stereocenters. The van der Waals surface area contributed by atoms with Gasteiger partial charge in [0.05, 0.1) is 0 Å². The lowest BCUT2D eigenvalue weighted by atomic mass is 9.98. The van der Waals surface area contributed by atoms with E-state index in [2.05, 4.69) is 19.1 Å². The van der Waals surface area contributed by atoms with E-state index in [9.17, 15) is 0 Å². The molecule has 0 heterocycles. The van der Waals surface area contributed by atoms with E-state index >= 15 is 0 Å². The van der Waals surface area contributed by atoms with Crippen LogP contribution < -0.4 is 5.73 Å². The van der Waals surface area contributed by atoms with E-state index in [0.717, 1.165) is 5.69 Å². The van der Waals surface area contributed by atoms with Gasteiger partial charge in [0.1, 0.15) is 0 Å². The van der Waals surface area contributed by atoms with Gasteiger partial charge in [0.2, 0.25) is 0 Å². The molecule has 0 unspecified atom stereocenters. The first kappa shape index (κ1) is 9.40. The Morgan fingerprint density at radius 3 is 2.50 bits per heavy atom. The Labute approximate surface area is 79.4 Å². The van der Waals surface area contributed by atoms with Crippen molar-refractivity contribution in [3.05, 3.63) is 29.8 Å². The molecule has 0 aliphatic heterocycles. The van der Waals surface area contributed by atoms with Crippen LogP contribution in [0.1, 0.15) is 25.3 Å². The highest BCUT2D eigenvalue weighted by Gasteiger charge is 2.38. The molecule has 1 saturated carbocycles. The van der Waals surface area contributed by atoms with Crippen molar-refractivity contribution in [1.29, 1.82) is 0 Å². The number of nitrogens with two attached hydrogens (primary N) is 1. The van der Waals surface area contributed by atoms with Gasteiger partial charge in [0.25, 0.3) is 0 Å². The lowest BCUT2D eigenvalue weighted by Gasteiger charge is -2.08. The van der Waals surface area contributed by atoms with Gasteiger partial charge in [0, 0.05) is 5.69 Å². The summed E-state index contributed by atoms with van der Waals surface area (Å²) in [6.45, 7) is 2.29. The summed E-state index contributed by atoms with van der Waals surface area (Å²) in [6, 6.07) is 8.24. The average Bonchev–Trinajstić information content (AvgIpc) is 2.70. The van der Waals surface area contributed by atoms with E-state index in [1.54, 1.807) is 0 Å². The average molecular weight is 184 g/mol. The second-order valence-corrected chi connectivity index (χ2v) is 3.69. The number of nitrogen functional groups attached to an aromatic ring is 1. The third-order valence-electron chi connectivity index (χ3n) is 2.58. The summed E-state index contributed by atoms with van der Waals surface area (Å²) in [5.41, 5.74) is 8.42. The summed E-state index contributed by atoms with van der Waals surface area (Å²) < 4.78 is 0. The van der Waals surface area contributed by atoms with Crippen LogP contribution in [0.5, 0.6) is 0 Å². The number of hydrogen-bond donors (Lipinski definition) is 1.